The largest absolute Gasteiger partial charge is 0.471 e. The number of amides is 1. The minimum Gasteiger partial charge on any atom is -0.471 e. The van der Waals surface area contributed by atoms with Crippen LogP contribution >= 0.6 is 12.1 Å². The van der Waals surface area contributed by atoms with E-state index in [0.717, 1.165) is 18.1 Å². The Balaban J connectivity index is 2.20. The number of ether oxygens (including phenoxy) is 1. The standard InChI is InChI=1S/C17H16F2N2O2S/c1-17(2)6-5-11-12(8-14(15(20)22)21-16(11)23-17)10-4-3-9(24-19)7-13(10)18/h3-4,7-8H,5-6H2,1-2H3,(H2,20,22). The van der Waals surface area contributed by atoms with Crippen molar-refractivity contribution < 1.29 is 17.8 Å². The van der Waals surface area contributed by atoms with Gasteiger partial charge in [-0.25, -0.2) is 9.37 Å². The number of nitrogens with two attached hydrogens (primary N) is 1. The minimum absolute atomic E-state index is 0.00444. The fraction of sp³-hybridized carbons (Fsp3) is 0.294. The lowest BCUT2D eigenvalue weighted by molar-refractivity contribution is 0.0774. The summed E-state index contributed by atoms with van der Waals surface area (Å²) in [5.41, 5.74) is 6.40. The molecule has 1 amide bonds. The van der Waals surface area contributed by atoms with Crippen LogP contribution in [0.15, 0.2) is 29.2 Å². The first-order valence-corrected chi connectivity index (χ1v) is 8.14. The van der Waals surface area contributed by atoms with Crippen molar-refractivity contribution >= 4 is 18.1 Å². The monoisotopic (exact) mass is 350 g/mol. The van der Waals surface area contributed by atoms with Gasteiger partial charge in [0, 0.05) is 16.0 Å². The Morgan fingerprint density at radius 2 is 2.08 bits per heavy atom. The van der Waals surface area contributed by atoms with E-state index in [4.69, 9.17) is 10.5 Å². The van der Waals surface area contributed by atoms with Gasteiger partial charge in [0.1, 0.15) is 17.1 Å². The van der Waals surface area contributed by atoms with Crippen molar-refractivity contribution in [1.82, 2.24) is 4.98 Å². The zero-order valence-electron chi connectivity index (χ0n) is 13.2. The van der Waals surface area contributed by atoms with Crippen LogP contribution in [0.3, 0.4) is 0 Å². The first kappa shape index (κ1) is 16.7. The molecule has 0 fully saturated rings. The zero-order chi connectivity index (χ0) is 17.5. The number of pyridine rings is 1. The summed E-state index contributed by atoms with van der Waals surface area (Å²) >= 11 is -0.0277. The molecular weight excluding hydrogens is 334 g/mol. The van der Waals surface area contributed by atoms with Gasteiger partial charge in [0.25, 0.3) is 5.91 Å². The molecule has 2 heterocycles. The molecule has 0 bridgehead atoms. The van der Waals surface area contributed by atoms with Crippen molar-refractivity contribution in [2.75, 3.05) is 0 Å². The van der Waals surface area contributed by atoms with Gasteiger partial charge in [-0.3, -0.25) is 4.79 Å². The minimum atomic E-state index is -0.720. The number of carbonyl (C=O) groups is 1. The van der Waals surface area contributed by atoms with Gasteiger partial charge in [-0.2, -0.15) is 3.89 Å². The molecule has 4 nitrogen and oxygen atoms in total. The van der Waals surface area contributed by atoms with E-state index in [1.165, 1.54) is 18.2 Å². The third kappa shape index (κ3) is 3.08. The number of hydrogen-bond acceptors (Lipinski definition) is 4. The van der Waals surface area contributed by atoms with Crippen molar-refractivity contribution in [2.45, 2.75) is 37.2 Å². The molecule has 0 saturated heterocycles. The molecule has 1 aliphatic rings. The van der Waals surface area contributed by atoms with Gasteiger partial charge in [-0.05, 0) is 50.5 Å². The highest BCUT2D eigenvalue weighted by Gasteiger charge is 2.31. The quantitative estimate of drug-likeness (QED) is 0.906. The van der Waals surface area contributed by atoms with Crippen LogP contribution in [0.25, 0.3) is 11.1 Å². The van der Waals surface area contributed by atoms with Crippen molar-refractivity contribution in [2.24, 2.45) is 5.73 Å². The fourth-order valence-corrected chi connectivity index (χ4v) is 3.01. The van der Waals surface area contributed by atoms with Gasteiger partial charge in [0.15, 0.2) is 0 Å². The van der Waals surface area contributed by atoms with Gasteiger partial charge in [-0.1, -0.05) is 6.07 Å². The topological polar surface area (TPSA) is 65.2 Å². The van der Waals surface area contributed by atoms with Crippen LogP contribution in [0.4, 0.5) is 8.28 Å². The van der Waals surface area contributed by atoms with Crippen molar-refractivity contribution in [1.29, 1.82) is 0 Å². The van der Waals surface area contributed by atoms with E-state index in [9.17, 15) is 13.1 Å². The number of carbonyl (C=O) groups excluding carboxylic acids is 1. The molecule has 0 saturated carbocycles. The second-order valence-electron chi connectivity index (χ2n) is 6.28. The molecule has 0 aliphatic carbocycles. The number of hydrogen-bond donors (Lipinski definition) is 1. The molecule has 24 heavy (non-hydrogen) atoms. The predicted molar refractivity (Wildman–Crippen MR) is 88.1 cm³/mol. The van der Waals surface area contributed by atoms with Gasteiger partial charge in [-0.15, -0.1) is 0 Å². The van der Waals surface area contributed by atoms with Crippen molar-refractivity contribution in [3.05, 3.63) is 41.3 Å². The van der Waals surface area contributed by atoms with Crippen LogP contribution in [0.5, 0.6) is 5.88 Å². The average molecular weight is 350 g/mol. The first-order valence-electron chi connectivity index (χ1n) is 7.42. The van der Waals surface area contributed by atoms with Crippen LogP contribution < -0.4 is 10.5 Å². The van der Waals surface area contributed by atoms with Crippen molar-refractivity contribution in [3.63, 3.8) is 0 Å². The van der Waals surface area contributed by atoms with E-state index in [0.29, 0.717) is 17.9 Å². The molecule has 7 heteroatoms. The van der Waals surface area contributed by atoms with Crippen LogP contribution in [-0.2, 0) is 6.42 Å². The van der Waals surface area contributed by atoms with Crippen LogP contribution in [-0.4, -0.2) is 16.5 Å². The Labute approximate surface area is 142 Å². The summed E-state index contributed by atoms with van der Waals surface area (Å²) < 4.78 is 32.9. The van der Waals surface area contributed by atoms with Gasteiger partial charge >= 0.3 is 0 Å². The molecule has 2 aromatic rings. The summed E-state index contributed by atoms with van der Waals surface area (Å²) in [7, 11) is 0. The highest BCUT2D eigenvalue weighted by Crippen LogP contribution is 2.39. The summed E-state index contributed by atoms with van der Waals surface area (Å²) in [6, 6.07) is 5.54. The maximum Gasteiger partial charge on any atom is 0.267 e. The Bertz CT molecular complexity index is 824. The number of fused-ring (bicyclic) bond motifs is 1. The maximum absolute atomic E-state index is 14.4. The summed E-state index contributed by atoms with van der Waals surface area (Å²) in [4.78, 5) is 15.9. The average Bonchev–Trinajstić information content (AvgIpc) is 2.52. The second kappa shape index (κ2) is 6.05. The highest BCUT2D eigenvalue weighted by atomic mass is 32.2. The van der Waals surface area contributed by atoms with E-state index in [1.807, 2.05) is 13.8 Å². The SMILES string of the molecule is CC1(C)CCc2c(-c3ccc(SF)cc3F)cc(C(N)=O)nc2O1. The normalized spacial score (nSPS) is 15.5. The summed E-state index contributed by atoms with van der Waals surface area (Å²) in [5.74, 6) is -1.01. The van der Waals surface area contributed by atoms with E-state index in [-0.39, 0.29) is 28.3 Å². The van der Waals surface area contributed by atoms with E-state index >= 15 is 0 Å². The van der Waals surface area contributed by atoms with Gasteiger partial charge in [0.05, 0.1) is 12.1 Å². The van der Waals surface area contributed by atoms with Crippen LogP contribution in [0.1, 0.15) is 36.3 Å². The molecule has 3 rings (SSSR count). The molecule has 0 unspecified atom stereocenters. The van der Waals surface area contributed by atoms with E-state index in [1.54, 1.807) is 0 Å². The summed E-state index contributed by atoms with van der Waals surface area (Å²) in [5, 5.41) is 0. The molecule has 0 atom stereocenters. The predicted octanol–water partition coefficient (Wildman–Crippen LogP) is 4.07. The maximum atomic E-state index is 14.4. The third-order valence-corrected chi connectivity index (χ3v) is 4.44. The molecule has 0 spiro atoms. The number of rotatable bonds is 3. The summed E-state index contributed by atoms with van der Waals surface area (Å²) in [6.07, 6.45) is 1.35. The molecule has 126 valence electrons. The summed E-state index contributed by atoms with van der Waals surface area (Å²) in [6.45, 7) is 3.84. The zero-order valence-corrected chi connectivity index (χ0v) is 14.0. The molecule has 1 aromatic carbocycles. The van der Waals surface area contributed by atoms with Crippen molar-refractivity contribution in [3.8, 4) is 17.0 Å². The Morgan fingerprint density at radius 1 is 1.33 bits per heavy atom. The lowest BCUT2D eigenvalue weighted by Gasteiger charge is -2.32. The smallest absolute Gasteiger partial charge is 0.267 e. The van der Waals surface area contributed by atoms with Crippen LogP contribution in [0, 0.1) is 5.82 Å². The highest BCUT2D eigenvalue weighted by molar-refractivity contribution is 7.94. The third-order valence-electron chi connectivity index (χ3n) is 4.01. The number of primary amides is 1. The van der Waals surface area contributed by atoms with Crippen LogP contribution in [0.2, 0.25) is 0 Å². The lowest BCUT2D eigenvalue weighted by atomic mass is 9.90. The Morgan fingerprint density at radius 3 is 2.71 bits per heavy atom. The molecule has 1 aliphatic heterocycles. The molecule has 1 aromatic heterocycles. The molecular formula is C17H16F2N2O2S. The van der Waals surface area contributed by atoms with Gasteiger partial charge < -0.3 is 10.5 Å². The van der Waals surface area contributed by atoms with E-state index in [2.05, 4.69) is 4.98 Å². The Kier molecular flexibility index (Phi) is 4.21. The number of halogens is 2. The van der Waals surface area contributed by atoms with Gasteiger partial charge in [0.2, 0.25) is 5.88 Å². The Hall–Kier alpha value is -2.15. The molecule has 2 N–H and O–H groups in total. The number of aromatic nitrogens is 1. The lowest BCUT2D eigenvalue weighted by Crippen LogP contribution is -2.34. The fourth-order valence-electron chi connectivity index (χ4n) is 2.74. The molecule has 0 radical (unpaired) electrons. The van der Waals surface area contributed by atoms with E-state index < -0.39 is 17.3 Å². The number of benzene rings is 1. The first-order chi connectivity index (χ1) is 11.3. The number of nitrogens with zero attached hydrogens (tertiary/aromatic N) is 1. The second-order valence-corrected chi connectivity index (χ2v) is 6.91.